The van der Waals surface area contributed by atoms with Crippen LogP contribution in [0, 0.1) is 13.8 Å². The van der Waals surface area contributed by atoms with Crippen molar-refractivity contribution in [2.75, 3.05) is 7.11 Å². The SMILES string of the molecule is COc1c(C)cnc(CC(O)c2ccc(Cl)cc2)c1C. The van der Waals surface area contributed by atoms with Crippen LogP contribution in [0.2, 0.25) is 5.02 Å². The third-order valence-corrected chi connectivity index (χ3v) is 3.64. The molecule has 1 heterocycles. The minimum Gasteiger partial charge on any atom is -0.496 e. The maximum absolute atomic E-state index is 10.3. The van der Waals surface area contributed by atoms with Crippen molar-refractivity contribution in [3.63, 3.8) is 0 Å². The quantitative estimate of drug-likeness (QED) is 0.935. The number of hydrogen-bond donors (Lipinski definition) is 1. The molecule has 1 aromatic carbocycles. The van der Waals surface area contributed by atoms with Crippen molar-refractivity contribution in [3.05, 3.63) is 57.9 Å². The van der Waals surface area contributed by atoms with E-state index in [1.807, 2.05) is 26.0 Å². The number of rotatable bonds is 4. The molecule has 20 heavy (non-hydrogen) atoms. The summed E-state index contributed by atoms with van der Waals surface area (Å²) in [5.41, 5.74) is 3.64. The van der Waals surface area contributed by atoms with Crippen LogP contribution in [-0.2, 0) is 6.42 Å². The molecule has 0 fully saturated rings. The van der Waals surface area contributed by atoms with E-state index < -0.39 is 6.10 Å². The molecule has 1 unspecified atom stereocenters. The van der Waals surface area contributed by atoms with E-state index in [0.717, 1.165) is 28.1 Å². The van der Waals surface area contributed by atoms with Crippen LogP contribution >= 0.6 is 11.6 Å². The van der Waals surface area contributed by atoms with Crippen LogP contribution in [0.3, 0.4) is 0 Å². The fourth-order valence-corrected chi connectivity index (χ4v) is 2.39. The molecule has 0 aliphatic carbocycles. The number of methoxy groups -OCH3 is 1. The standard InChI is InChI=1S/C16H18ClNO2/c1-10-9-18-14(11(2)16(10)20-3)8-15(19)12-4-6-13(17)7-5-12/h4-7,9,15,19H,8H2,1-3H3. The van der Waals surface area contributed by atoms with Crippen molar-refractivity contribution in [2.45, 2.75) is 26.4 Å². The number of aromatic nitrogens is 1. The van der Waals surface area contributed by atoms with Gasteiger partial charge in [-0.2, -0.15) is 0 Å². The average Bonchev–Trinajstić information content (AvgIpc) is 2.43. The van der Waals surface area contributed by atoms with E-state index in [1.54, 1.807) is 25.4 Å². The molecule has 0 aliphatic heterocycles. The Bertz CT molecular complexity index is 596. The predicted molar refractivity (Wildman–Crippen MR) is 80.4 cm³/mol. The summed E-state index contributed by atoms with van der Waals surface area (Å²) in [5.74, 6) is 0.832. The van der Waals surface area contributed by atoms with Crippen LogP contribution in [0.25, 0.3) is 0 Å². The largest absolute Gasteiger partial charge is 0.496 e. The lowest BCUT2D eigenvalue weighted by Gasteiger charge is -2.15. The van der Waals surface area contributed by atoms with Gasteiger partial charge >= 0.3 is 0 Å². The van der Waals surface area contributed by atoms with E-state index in [2.05, 4.69) is 4.98 Å². The third-order valence-electron chi connectivity index (χ3n) is 3.39. The van der Waals surface area contributed by atoms with Crippen molar-refractivity contribution in [3.8, 4) is 5.75 Å². The van der Waals surface area contributed by atoms with Gasteiger partial charge in [-0.05, 0) is 31.5 Å². The number of pyridine rings is 1. The Labute approximate surface area is 124 Å². The first-order valence-corrected chi connectivity index (χ1v) is 6.83. The van der Waals surface area contributed by atoms with Gasteiger partial charge in [0, 0.05) is 34.5 Å². The average molecular weight is 292 g/mol. The van der Waals surface area contributed by atoms with Gasteiger partial charge < -0.3 is 9.84 Å². The number of nitrogens with zero attached hydrogens (tertiary/aromatic N) is 1. The summed E-state index contributed by atoms with van der Waals surface area (Å²) in [6.45, 7) is 3.92. The number of halogens is 1. The van der Waals surface area contributed by atoms with Gasteiger partial charge in [-0.15, -0.1) is 0 Å². The highest BCUT2D eigenvalue weighted by molar-refractivity contribution is 6.30. The topological polar surface area (TPSA) is 42.4 Å². The van der Waals surface area contributed by atoms with E-state index in [-0.39, 0.29) is 0 Å². The minimum absolute atomic E-state index is 0.449. The number of aliphatic hydroxyl groups is 1. The molecule has 0 amide bonds. The Morgan fingerprint density at radius 1 is 1.25 bits per heavy atom. The molecule has 0 aliphatic rings. The molecule has 0 spiro atoms. The van der Waals surface area contributed by atoms with Gasteiger partial charge in [-0.3, -0.25) is 4.98 Å². The van der Waals surface area contributed by atoms with Crippen molar-refractivity contribution in [2.24, 2.45) is 0 Å². The Morgan fingerprint density at radius 2 is 1.90 bits per heavy atom. The normalized spacial score (nSPS) is 12.2. The maximum Gasteiger partial charge on any atom is 0.128 e. The van der Waals surface area contributed by atoms with Crippen LogP contribution in [0.4, 0.5) is 0 Å². The molecule has 2 rings (SSSR count). The fourth-order valence-electron chi connectivity index (χ4n) is 2.26. The van der Waals surface area contributed by atoms with Gasteiger partial charge in [0.15, 0.2) is 0 Å². The van der Waals surface area contributed by atoms with E-state index in [4.69, 9.17) is 16.3 Å². The zero-order valence-corrected chi connectivity index (χ0v) is 12.6. The second-order valence-corrected chi connectivity index (χ2v) is 5.25. The monoisotopic (exact) mass is 291 g/mol. The number of aryl methyl sites for hydroxylation is 1. The van der Waals surface area contributed by atoms with Crippen LogP contribution < -0.4 is 4.74 Å². The molecular formula is C16H18ClNO2. The van der Waals surface area contributed by atoms with Crippen LogP contribution in [0.15, 0.2) is 30.5 Å². The second-order valence-electron chi connectivity index (χ2n) is 4.82. The molecule has 0 saturated carbocycles. The van der Waals surface area contributed by atoms with Gasteiger partial charge in [0.1, 0.15) is 5.75 Å². The molecule has 0 saturated heterocycles. The number of benzene rings is 1. The summed E-state index contributed by atoms with van der Waals surface area (Å²) in [7, 11) is 1.65. The Kier molecular flexibility index (Phi) is 4.63. The van der Waals surface area contributed by atoms with Gasteiger partial charge in [0.2, 0.25) is 0 Å². The summed E-state index contributed by atoms with van der Waals surface area (Å²) in [4.78, 5) is 4.40. The number of ether oxygens (including phenoxy) is 1. The van der Waals surface area contributed by atoms with Crippen LogP contribution in [0.1, 0.15) is 28.5 Å². The van der Waals surface area contributed by atoms with E-state index >= 15 is 0 Å². The molecule has 106 valence electrons. The second kappa shape index (κ2) is 6.25. The van der Waals surface area contributed by atoms with Crippen molar-refractivity contribution in [1.82, 2.24) is 4.98 Å². The van der Waals surface area contributed by atoms with Crippen molar-refractivity contribution >= 4 is 11.6 Å². The Balaban J connectivity index is 2.23. The lowest BCUT2D eigenvalue weighted by atomic mass is 10.0. The van der Waals surface area contributed by atoms with E-state index in [0.29, 0.717) is 11.4 Å². The molecule has 4 heteroatoms. The van der Waals surface area contributed by atoms with Crippen molar-refractivity contribution < 1.29 is 9.84 Å². The van der Waals surface area contributed by atoms with Crippen molar-refractivity contribution in [1.29, 1.82) is 0 Å². The lowest BCUT2D eigenvalue weighted by Crippen LogP contribution is -2.06. The highest BCUT2D eigenvalue weighted by Gasteiger charge is 2.14. The van der Waals surface area contributed by atoms with Gasteiger partial charge in [0.25, 0.3) is 0 Å². The van der Waals surface area contributed by atoms with E-state index in [1.165, 1.54) is 0 Å². The third kappa shape index (κ3) is 3.11. The fraction of sp³-hybridized carbons (Fsp3) is 0.312. The minimum atomic E-state index is -0.606. The summed E-state index contributed by atoms with van der Waals surface area (Å²) in [5, 5.41) is 11.0. The number of aliphatic hydroxyl groups excluding tert-OH is 1. The molecule has 1 aromatic heterocycles. The van der Waals surface area contributed by atoms with Crippen LogP contribution in [-0.4, -0.2) is 17.2 Å². The summed E-state index contributed by atoms with van der Waals surface area (Å²) < 4.78 is 5.38. The summed E-state index contributed by atoms with van der Waals surface area (Å²) in [6, 6.07) is 7.20. The summed E-state index contributed by atoms with van der Waals surface area (Å²) in [6.07, 6.45) is 1.62. The van der Waals surface area contributed by atoms with E-state index in [9.17, 15) is 5.11 Å². The Morgan fingerprint density at radius 3 is 2.50 bits per heavy atom. The van der Waals surface area contributed by atoms with Gasteiger partial charge in [-0.25, -0.2) is 0 Å². The predicted octanol–water partition coefficient (Wildman–Crippen LogP) is 3.64. The highest BCUT2D eigenvalue weighted by atomic mass is 35.5. The lowest BCUT2D eigenvalue weighted by molar-refractivity contribution is 0.177. The highest BCUT2D eigenvalue weighted by Crippen LogP contribution is 2.27. The maximum atomic E-state index is 10.3. The number of hydrogen-bond acceptors (Lipinski definition) is 3. The smallest absolute Gasteiger partial charge is 0.128 e. The zero-order chi connectivity index (χ0) is 14.7. The molecule has 3 nitrogen and oxygen atoms in total. The first-order chi connectivity index (χ1) is 9.52. The molecule has 1 N–H and O–H groups in total. The first kappa shape index (κ1) is 14.8. The molecule has 1 atom stereocenters. The Hall–Kier alpha value is -1.58. The molecule has 0 radical (unpaired) electrons. The van der Waals surface area contributed by atoms with Gasteiger partial charge in [0.05, 0.1) is 13.2 Å². The first-order valence-electron chi connectivity index (χ1n) is 6.45. The van der Waals surface area contributed by atoms with Crippen LogP contribution in [0.5, 0.6) is 5.75 Å². The molecule has 0 bridgehead atoms. The summed E-state index contributed by atoms with van der Waals surface area (Å²) >= 11 is 5.85. The molecule has 2 aromatic rings. The zero-order valence-electron chi connectivity index (χ0n) is 11.9. The molecular weight excluding hydrogens is 274 g/mol. The van der Waals surface area contributed by atoms with Gasteiger partial charge in [-0.1, -0.05) is 23.7 Å².